The molecule has 1 aromatic carbocycles. The van der Waals surface area contributed by atoms with E-state index in [1.165, 1.54) is 12.1 Å². The van der Waals surface area contributed by atoms with Gasteiger partial charge in [-0.3, -0.25) is 4.79 Å². The summed E-state index contributed by atoms with van der Waals surface area (Å²) < 4.78 is 26.1. The predicted molar refractivity (Wildman–Crippen MR) is 55.4 cm³/mol. The lowest BCUT2D eigenvalue weighted by atomic mass is 10.1. The number of primary amides is 1. The standard InChI is InChI=1S/C11H14F2N2O/c1-6(15-7(2)11(14)16)9-4-3-8(12)5-10(9)13/h3-7,15H,1-2H3,(H2,14,16)/p+1/t6-,7-/m0/s1. The van der Waals surface area contributed by atoms with Crippen LogP contribution in [0, 0.1) is 11.6 Å². The molecule has 0 aliphatic carbocycles. The second-order valence-corrected chi connectivity index (χ2v) is 3.84. The molecule has 0 saturated carbocycles. The van der Waals surface area contributed by atoms with Crippen LogP contribution in [0.2, 0.25) is 0 Å². The molecule has 0 fully saturated rings. The number of quaternary nitrogens is 1. The van der Waals surface area contributed by atoms with Crippen LogP contribution in [0.1, 0.15) is 25.5 Å². The van der Waals surface area contributed by atoms with Crippen molar-refractivity contribution >= 4 is 5.91 Å². The van der Waals surface area contributed by atoms with Crippen molar-refractivity contribution < 1.29 is 18.9 Å². The normalized spacial score (nSPS) is 14.5. The average Bonchev–Trinajstić information content (AvgIpc) is 2.16. The minimum Gasteiger partial charge on any atom is -0.365 e. The van der Waals surface area contributed by atoms with E-state index < -0.39 is 23.6 Å². The fraction of sp³-hybridized carbons (Fsp3) is 0.364. The predicted octanol–water partition coefficient (Wildman–Crippen LogP) is 0.463. The molecular formula is C11H15F2N2O+. The summed E-state index contributed by atoms with van der Waals surface area (Å²) in [6, 6.07) is 2.66. The number of halogens is 2. The highest BCUT2D eigenvalue weighted by Gasteiger charge is 2.20. The van der Waals surface area contributed by atoms with Gasteiger partial charge < -0.3 is 11.1 Å². The SMILES string of the molecule is C[C@H]([NH2+][C@@H](C)c1ccc(F)cc1F)C(N)=O. The lowest BCUT2D eigenvalue weighted by molar-refractivity contribution is -0.710. The molecule has 0 heterocycles. The van der Waals surface area contributed by atoms with E-state index in [0.717, 1.165) is 6.07 Å². The number of rotatable bonds is 4. The first-order valence-corrected chi connectivity index (χ1v) is 5.01. The van der Waals surface area contributed by atoms with Gasteiger partial charge in [0, 0.05) is 11.6 Å². The molecule has 3 nitrogen and oxygen atoms in total. The molecular weight excluding hydrogens is 214 g/mol. The third-order valence-corrected chi connectivity index (χ3v) is 2.48. The minimum atomic E-state index is -0.614. The zero-order valence-electron chi connectivity index (χ0n) is 9.21. The van der Waals surface area contributed by atoms with Crippen LogP contribution in [-0.2, 0) is 4.79 Å². The highest BCUT2D eigenvalue weighted by Crippen LogP contribution is 2.14. The highest BCUT2D eigenvalue weighted by atomic mass is 19.1. The van der Waals surface area contributed by atoms with Gasteiger partial charge >= 0.3 is 0 Å². The van der Waals surface area contributed by atoms with E-state index in [4.69, 9.17) is 5.73 Å². The van der Waals surface area contributed by atoms with Crippen molar-refractivity contribution in [1.29, 1.82) is 0 Å². The number of nitrogens with two attached hydrogens (primary N) is 2. The van der Waals surface area contributed by atoms with Crippen molar-refractivity contribution in [3.8, 4) is 0 Å². The third kappa shape index (κ3) is 3.00. The first kappa shape index (κ1) is 12.6. The Bertz CT molecular complexity index is 396. The van der Waals surface area contributed by atoms with Gasteiger partial charge in [0.05, 0.1) is 0 Å². The zero-order chi connectivity index (χ0) is 12.3. The van der Waals surface area contributed by atoms with Gasteiger partial charge in [-0.25, -0.2) is 8.78 Å². The average molecular weight is 229 g/mol. The van der Waals surface area contributed by atoms with Crippen molar-refractivity contribution in [2.24, 2.45) is 5.73 Å². The van der Waals surface area contributed by atoms with Gasteiger partial charge in [0.2, 0.25) is 0 Å². The Kier molecular flexibility index (Phi) is 3.95. The van der Waals surface area contributed by atoms with E-state index in [-0.39, 0.29) is 6.04 Å². The second kappa shape index (κ2) is 5.03. The number of carbonyl (C=O) groups is 1. The Morgan fingerprint density at radius 2 is 2.00 bits per heavy atom. The first-order valence-electron chi connectivity index (χ1n) is 5.01. The van der Waals surface area contributed by atoms with Gasteiger partial charge in [0.15, 0.2) is 6.04 Å². The summed E-state index contributed by atoms with van der Waals surface area (Å²) >= 11 is 0. The van der Waals surface area contributed by atoms with E-state index in [9.17, 15) is 13.6 Å². The summed E-state index contributed by atoms with van der Waals surface area (Å²) in [7, 11) is 0. The summed E-state index contributed by atoms with van der Waals surface area (Å²) in [6.45, 7) is 3.37. The van der Waals surface area contributed by atoms with Crippen molar-refractivity contribution in [2.75, 3.05) is 0 Å². The van der Waals surface area contributed by atoms with Crippen LogP contribution in [-0.4, -0.2) is 11.9 Å². The number of benzene rings is 1. The molecule has 0 aliphatic rings. The van der Waals surface area contributed by atoms with E-state index in [0.29, 0.717) is 5.56 Å². The van der Waals surface area contributed by atoms with E-state index in [1.807, 2.05) is 0 Å². The van der Waals surface area contributed by atoms with Crippen LogP contribution in [0.4, 0.5) is 8.78 Å². The molecule has 0 aliphatic heterocycles. The quantitative estimate of drug-likeness (QED) is 0.774. The molecule has 0 unspecified atom stereocenters. The van der Waals surface area contributed by atoms with Gasteiger partial charge in [0.25, 0.3) is 5.91 Å². The van der Waals surface area contributed by atoms with Crippen LogP contribution >= 0.6 is 0 Å². The maximum Gasteiger partial charge on any atom is 0.275 e. The molecule has 0 spiro atoms. The fourth-order valence-electron chi connectivity index (χ4n) is 1.50. The van der Waals surface area contributed by atoms with E-state index in [2.05, 4.69) is 0 Å². The van der Waals surface area contributed by atoms with Crippen LogP contribution < -0.4 is 11.1 Å². The molecule has 1 amide bonds. The Labute approximate surface area is 92.6 Å². The smallest absolute Gasteiger partial charge is 0.275 e. The summed E-state index contributed by atoms with van der Waals surface area (Å²) in [5.41, 5.74) is 5.46. The number of hydrogen-bond acceptors (Lipinski definition) is 1. The number of carbonyl (C=O) groups excluding carboxylic acids is 1. The van der Waals surface area contributed by atoms with Crippen LogP contribution in [0.3, 0.4) is 0 Å². The molecule has 1 aromatic rings. The van der Waals surface area contributed by atoms with Crippen molar-refractivity contribution in [3.63, 3.8) is 0 Å². The molecule has 0 aromatic heterocycles. The van der Waals surface area contributed by atoms with Crippen molar-refractivity contribution in [2.45, 2.75) is 25.9 Å². The minimum absolute atomic E-state index is 0.289. The zero-order valence-corrected chi connectivity index (χ0v) is 9.21. The maximum atomic E-state index is 13.4. The van der Waals surface area contributed by atoms with Crippen LogP contribution in [0.5, 0.6) is 0 Å². The maximum absolute atomic E-state index is 13.4. The second-order valence-electron chi connectivity index (χ2n) is 3.84. The van der Waals surface area contributed by atoms with Crippen LogP contribution in [0.15, 0.2) is 18.2 Å². The molecule has 16 heavy (non-hydrogen) atoms. The summed E-state index contributed by atoms with van der Waals surface area (Å²) in [4.78, 5) is 10.8. The van der Waals surface area contributed by atoms with Gasteiger partial charge in [-0.05, 0) is 26.0 Å². The molecule has 0 saturated heterocycles. The number of hydrogen-bond donors (Lipinski definition) is 2. The van der Waals surface area contributed by atoms with E-state index >= 15 is 0 Å². The lowest BCUT2D eigenvalue weighted by Crippen LogP contribution is -2.92. The highest BCUT2D eigenvalue weighted by molar-refractivity contribution is 5.77. The largest absolute Gasteiger partial charge is 0.365 e. The molecule has 0 bridgehead atoms. The van der Waals surface area contributed by atoms with Gasteiger partial charge in [-0.15, -0.1) is 0 Å². The Morgan fingerprint density at radius 3 is 2.50 bits per heavy atom. The molecule has 5 heteroatoms. The topological polar surface area (TPSA) is 59.7 Å². The van der Waals surface area contributed by atoms with Gasteiger partial charge in [-0.1, -0.05) is 0 Å². The molecule has 88 valence electrons. The third-order valence-electron chi connectivity index (χ3n) is 2.48. The molecule has 2 atom stereocenters. The summed E-state index contributed by atoms with van der Waals surface area (Å²) in [5.74, 6) is -1.69. The Hall–Kier alpha value is -1.49. The Balaban J connectivity index is 2.80. The molecule has 1 rings (SSSR count). The van der Waals surface area contributed by atoms with Crippen LogP contribution in [0.25, 0.3) is 0 Å². The van der Waals surface area contributed by atoms with Gasteiger partial charge in [0.1, 0.15) is 17.7 Å². The first-order chi connectivity index (χ1) is 7.41. The summed E-state index contributed by atoms with van der Waals surface area (Å²) in [5, 5.41) is 1.64. The van der Waals surface area contributed by atoms with Crippen molar-refractivity contribution in [1.82, 2.24) is 0 Å². The molecule has 0 radical (unpaired) electrons. The Morgan fingerprint density at radius 1 is 1.38 bits per heavy atom. The summed E-state index contributed by atoms with van der Waals surface area (Å²) in [6.07, 6.45) is 0. The number of amides is 1. The van der Waals surface area contributed by atoms with E-state index in [1.54, 1.807) is 19.2 Å². The fourth-order valence-corrected chi connectivity index (χ4v) is 1.50. The lowest BCUT2D eigenvalue weighted by Gasteiger charge is -2.15. The molecule has 4 N–H and O–H groups in total. The monoisotopic (exact) mass is 229 g/mol. The van der Waals surface area contributed by atoms with Crippen molar-refractivity contribution in [3.05, 3.63) is 35.4 Å². The van der Waals surface area contributed by atoms with Gasteiger partial charge in [-0.2, -0.15) is 0 Å².